The molecule has 0 aromatic heterocycles. The summed E-state index contributed by atoms with van der Waals surface area (Å²) in [5, 5.41) is 0. The van der Waals surface area contributed by atoms with Crippen LogP contribution in [0.5, 0.6) is 11.5 Å². The van der Waals surface area contributed by atoms with Crippen molar-refractivity contribution < 1.29 is 22.6 Å². The lowest BCUT2D eigenvalue weighted by Gasteiger charge is -2.33. The van der Waals surface area contributed by atoms with Crippen molar-refractivity contribution in [3.05, 3.63) is 18.2 Å². The Kier molecular flexibility index (Phi) is 4.53. The van der Waals surface area contributed by atoms with E-state index in [0.717, 1.165) is 6.54 Å². The van der Waals surface area contributed by atoms with Gasteiger partial charge >= 0.3 is 0 Å². The summed E-state index contributed by atoms with van der Waals surface area (Å²) < 4.78 is 42.4. The van der Waals surface area contributed by atoms with E-state index in [1.54, 1.807) is 19.2 Å². The monoisotopic (exact) mass is 328 g/mol. The van der Waals surface area contributed by atoms with E-state index in [9.17, 15) is 8.42 Å². The highest BCUT2D eigenvalue weighted by molar-refractivity contribution is 7.89. The number of fused-ring (bicyclic) bond motifs is 1. The van der Waals surface area contributed by atoms with Crippen LogP contribution in [0.4, 0.5) is 0 Å². The molecule has 0 amide bonds. The van der Waals surface area contributed by atoms with Crippen LogP contribution in [0.1, 0.15) is 0 Å². The van der Waals surface area contributed by atoms with Crippen LogP contribution in [0.25, 0.3) is 0 Å². The second kappa shape index (κ2) is 6.41. The molecule has 1 aromatic rings. The van der Waals surface area contributed by atoms with Gasteiger partial charge in [0.15, 0.2) is 11.5 Å². The van der Waals surface area contributed by atoms with Crippen molar-refractivity contribution in [2.45, 2.75) is 4.90 Å². The minimum absolute atomic E-state index is 0.136. The van der Waals surface area contributed by atoms with Crippen molar-refractivity contribution in [1.82, 2.24) is 9.21 Å². The Hall–Kier alpha value is -1.35. The Bertz CT molecular complexity index is 626. The number of piperazine rings is 1. The second-order valence-corrected chi connectivity index (χ2v) is 7.19. The molecule has 8 heteroatoms. The molecule has 7 nitrogen and oxygen atoms in total. The highest BCUT2D eigenvalue weighted by Gasteiger charge is 2.29. The van der Waals surface area contributed by atoms with Gasteiger partial charge in [0.25, 0.3) is 0 Å². The van der Waals surface area contributed by atoms with Crippen LogP contribution >= 0.6 is 0 Å². The molecule has 3 rings (SSSR count). The Morgan fingerprint density at radius 3 is 2.59 bits per heavy atom. The largest absolute Gasteiger partial charge is 0.454 e. The lowest BCUT2D eigenvalue weighted by Crippen LogP contribution is -2.49. The van der Waals surface area contributed by atoms with E-state index in [4.69, 9.17) is 14.2 Å². The van der Waals surface area contributed by atoms with Gasteiger partial charge in [-0.2, -0.15) is 4.31 Å². The van der Waals surface area contributed by atoms with E-state index in [-0.39, 0.29) is 11.7 Å². The number of benzene rings is 1. The van der Waals surface area contributed by atoms with Gasteiger partial charge in [0.05, 0.1) is 11.5 Å². The molecule has 0 unspecified atom stereocenters. The zero-order valence-electron chi connectivity index (χ0n) is 12.5. The number of sulfonamides is 1. The van der Waals surface area contributed by atoms with Crippen LogP contribution in [-0.2, 0) is 14.8 Å². The summed E-state index contributed by atoms with van der Waals surface area (Å²) in [7, 11) is -1.82. The molecule has 0 bridgehead atoms. The van der Waals surface area contributed by atoms with Gasteiger partial charge in [0.1, 0.15) is 0 Å². The van der Waals surface area contributed by atoms with Gasteiger partial charge in [-0.05, 0) is 12.1 Å². The fourth-order valence-electron chi connectivity index (χ4n) is 2.60. The molecular formula is C14H20N2O5S. The lowest BCUT2D eigenvalue weighted by molar-refractivity contribution is 0.123. The third-order valence-corrected chi connectivity index (χ3v) is 5.82. The molecule has 2 heterocycles. The van der Waals surface area contributed by atoms with Crippen molar-refractivity contribution in [1.29, 1.82) is 0 Å². The lowest BCUT2D eigenvalue weighted by atomic mass is 10.3. The fraction of sp³-hybridized carbons (Fsp3) is 0.571. The minimum atomic E-state index is -3.49. The van der Waals surface area contributed by atoms with Crippen LogP contribution < -0.4 is 9.47 Å². The van der Waals surface area contributed by atoms with E-state index in [0.29, 0.717) is 44.3 Å². The van der Waals surface area contributed by atoms with Gasteiger partial charge in [-0.3, -0.25) is 4.90 Å². The topological polar surface area (TPSA) is 68.3 Å². The molecular weight excluding hydrogens is 308 g/mol. The highest BCUT2D eigenvalue weighted by atomic mass is 32.2. The zero-order chi connectivity index (χ0) is 15.6. The van der Waals surface area contributed by atoms with Gasteiger partial charge < -0.3 is 14.2 Å². The molecule has 0 atom stereocenters. The predicted octanol–water partition coefficient (Wildman–Crippen LogP) is 0.368. The Morgan fingerprint density at radius 1 is 1.14 bits per heavy atom. The molecule has 0 spiro atoms. The number of hydrogen-bond acceptors (Lipinski definition) is 6. The van der Waals surface area contributed by atoms with E-state index < -0.39 is 10.0 Å². The summed E-state index contributed by atoms with van der Waals surface area (Å²) in [4.78, 5) is 2.46. The van der Waals surface area contributed by atoms with E-state index in [1.807, 2.05) is 0 Å². The molecule has 0 saturated carbocycles. The number of nitrogens with zero attached hydrogens (tertiary/aromatic N) is 2. The van der Waals surface area contributed by atoms with Crippen LogP contribution in [0.15, 0.2) is 23.1 Å². The maximum absolute atomic E-state index is 12.7. The van der Waals surface area contributed by atoms with Crippen molar-refractivity contribution in [2.24, 2.45) is 0 Å². The SMILES string of the molecule is COCCN1CCN(S(=O)(=O)c2ccc3c(c2)OCO3)CC1. The first-order chi connectivity index (χ1) is 10.6. The molecule has 1 fully saturated rings. The van der Waals surface area contributed by atoms with Gasteiger partial charge in [0.2, 0.25) is 16.8 Å². The molecule has 122 valence electrons. The summed E-state index contributed by atoms with van der Waals surface area (Å²) in [6.45, 7) is 4.03. The summed E-state index contributed by atoms with van der Waals surface area (Å²) in [5.41, 5.74) is 0. The Labute approximate surface area is 130 Å². The smallest absolute Gasteiger partial charge is 0.243 e. The minimum Gasteiger partial charge on any atom is -0.454 e. The molecule has 0 N–H and O–H groups in total. The predicted molar refractivity (Wildman–Crippen MR) is 79.6 cm³/mol. The quantitative estimate of drug-likeness (QED) is 0.778. The van der Waals surface area contributed by atoms with E-state index in [1.165, 1.54) is 10.4 Å². The maximum atomic E-state index is 12.7. The third kappa shape index (κ3) is 3.05. The van der Waals surface area contributed by atoms with Crippen LogP contribution in [0, 0.1) is 0 Å². The van der Waals surface area contributed by atoms with Crippen LogP contribution in [0.2, 0.25) is 0 Å². The molecule has 2 aliphatic rings. The summed E-state index contributed by atoms with van der Waals surface area (Å²) in [6.07, 6.45) is 0. The molecule has 2 aliphatic heterocycles. The molecule has 1 aromatic carbocycles. The first kappa shape index (κ1) is 15.5. The summed E-state index contributed by atoms with van der Waals surface area (Å²) in [5.74, 6) is 1.07. The van der Waals surface area contributed by atoms with Crippen molar-refractivity contribution >= 4 is 10.0 Å². The van der Waals surface area contributed by atoms with Crippen molar-refractivity contribution in [3.8, 4) is 11.5 Å². The standard InChI is InChI=1S/C14H20N2O5S/c1-19-9-8-15-4-6-16(7-5-15)22(17,18)12-2-3-13-14(10-12)21-11-20-13/h2-3,10H,4-9,11H2,1H3. The molecule has 0 aliphatic carbocycles. The fourth-order valence-corrected chi connectivity index (χ4v) is 4.04. The normalized spacial score (nSPS) is 19.5. The van der Waals surface area contributed by atoms with Gasteiger partial charge in [-0.25, -0.2) is 8.42 Å². The molecule has 0 radical (unpaired) electrons. The highest BCUT2D eigenvalue weighted by Crippen LogP contribution is 2.34. The molecule has 1 saturated heterocycles. The van der Waals surface area contributed by atoms with E-state index >= 15 is 0 Å². The second-order valence-electron chi connectivity index (χ2n) is 5.25. The van der Waals surface area contributed by atoms with Crippen LogP contribution in [-0.4, -0.2) is 70.9 Å². The third-order valence-electron chi connectivity index (χ3n) is 3.92. The van der Waals surface area contributed by atoms with Gasteiger partial charge in [-0.15, -0.1) is 0 Å². The van der Waals surface area contributed by atoms with Gasteiger partial charge in [-0.1, -0.05) is 0 Å². The number of rotatable bonds is 5. The first-order valence-corrected chi connectivity index (χ1v) is 8.66. The number of ether oxygens (including phenoxy) is 3. The van der Waals surface area contributed by atoms with Gasteiger partial charge in [0, 0.05) is 45.9 Å². The summed E-state index contributed by atoms with van der Waals surface area (Å²) in [6, 6.07) is 4.75. The van der Waals surface area contributed by atoms with Crippen molar-refractivity contribution in [3.63, 3.8) is 0 Å². The first-order valence-electron chi connectivity index (χ1n) is 7.22. The average Bonchev–Trinajstić information content (AvgIpc) is 3.01. The average molecular weight is 328 g/mol. The summed E-state index contributed by atoms with van der Waals surface area (Å²) >= 11 is 0. The Balaban J connectivity index is 1.69. The number of methoxy groups -OCH3 is 1. The maximum Gasteiger partial charge on any atom is 0.243 e. The molecule has 22 heavy (non-hydrogen) atoms. The van der Waals surface area contributed by atoms with Crippen LogP contribution in [0.3, 0.4) is 0 Å². The Morgan fingerprint density at radius 2 is 1.86 bits per heavy atom. The van der Waals surface area contributed by atoms with Crippen molar-refractivity contribution in [2.75, 3.05) is 53.2 Å². The number of hydrogen-bond donors (Lipinski definition) is 0. The zero-order valence-corrected chi connectivity index (χ0v) is 13.3. The van der Waals surface area contributed by atoms with E-state index in [2.05, 4.69) is 4.90 Å².